The first-order valence-corrected chi connectivity index (χ1v) is 4.70. The fraction of sp³-hybridized carbons (Fsp3) is 0.333. The van der Waals surface area contributed by atoms with E-state index in [4.69, 9.17) is 10.8 Å². The molecule has 0 aliphatic carbocycles. The van der Waals surface area contributed by atoms with Crippen LogP contribution in [0.5, 0.6) is 0 Å². The summed E-state index contributed by atoms with van der Waals surface area (Å²) >= 11 is 0. The fourth-order valence-electron chi connectivity index (χ4n) is 1.59. The molecule has 2 aromatic heterocycles. The highest BCUT2D eigenvalue weighted by Gasteiger charge is 2.15. The van der Waals surface area contributed by atoms with E-state index in [-0.39, 0.29) is 11.6 Å². The smallest absolute Gasteiger partial charge is 0.375 e. The van der Waals surface area contributed by atoms with Crippen molar-refractivity contribution in [3.63, 3.8) is 0 Å². The normalized spacial score (nSPS) is 10.9. The summed E-state index contributed by atoms with van der Waals surface area (Å²) in [5.41, 5.74) is 7.96. The van der Waals surface area contributed by atoms with Crippen molar-refractivity contribution >= 4 is 11.7 Å². The van der Waals surface area contributed by atoms with Crippen LogP contribution in [-0.4, -0.2) is 30.7 Å². The van der Waals surface area contributed by atoms with E-state index in [1.54, 1.807) is 0 Å². The molecule has 2 aromatic rings. The van der Waals surface area contributed by atoms with E-state index in [9.17, 15) is 4.79 Å². The Morgan fingerprint density at radius 3 is 2.69 bits per heavy atom. The Morgan fingerprint density at radius 2 is 2.12 bits per heavy atom. The molecule has 0 spiro atoms. The van der Waals surface area contributed by atoms with Gasteiger partial charge in [0.15, 0.2) is 0 Å². The average Bonchev–Trinajstić information content (AvgIpc) is 2.62. The highest BCUT2D eigenvalue weighted by molar-refractivity contribution is 5.83. The van der Waals surface area contributed by atoms with Crippen molar-refractivity contribution in [3.8, 4) is 0 Å². The van der Waals surface area contributed by atoms with E-state index in [2.05, 4.69) is 15.1 Å². The van der Waals surface area contributed by atoms with E-state index in [0.717, 1.165) is 17.0 Å². The number of aromatic nitrogens is 4. The molecule has 0 radical (unpaired) electrons. The van der Waals surface area contributed by atoms with Crippen LogP contribution >= 0.6 is 0 Å². The molecule has 0 saturated heterocycles. The minimum Gasteiger partial charge on any atom is -0.475 e. The number of aryl methyl sites for hydroxylation is 2. The molecule has 7 heteroatoms. The number of rotatable bonds is 2. The van der Waals surface area contributed by atoms with Crippen LogP contribution in [0.3, 0.4) is 0 Å². The number of hydrogen-bond acceptors (Lipinski definition) is 5. The van der Waals surface area contributed by atoms with Crippen molar-refractivity contribution in [2.45, 2.75) is 20.4 Å². The number of fused-ring (bicyclic) bond motifs is 1. The zero-order valence-corrected chi connectivity index (χ0v) is 8.93. The lowest BCUT2D eigenvalue weighted by molar-refractivity contribution is 0.0684. The first-order chi connectivity index (χ1) is 7.54. The van der Waals surface area contributed by atoms with E-state index in [0.29, 0.717) is 6.54 Å². The molecular formula is C9H11N5O2. The summed E-state index contributed by atoms with van der Waals surface area (Å²) in [7, 11) is 0. The second-order valence-electron chi connectivity index (χ2n) is 3.42. The summed E-state index contributed by atoms with van der Waals surface area (Å²) in [6.45, 7) is 3.96. The molecule has 0 amide bonds. The number of carboxylic acids is 1. The van der Waals surface area contributed by atoms with E-state index < -0.39 is 5.97 Å². The van der Waals surface area contributed by atoms with E-state index in [1.165, 1.54) is 4.52 Å². The predicted octanol–water partition coefficient (Wildman–Crippen LogP) is -0.102. The van der Waals surface area contributed by atoms with Gasteiger partial charge in [-0.25, -0.2) is 14.3 Å². The van der Waals surface area contributed by atoms with Crippen LogP contribution in [0.25, 0.3) is 5.78 Å². The molecule has 84 valence electrons. The molecule has 3 N–H and O–H groups in total. The molecule has 0 bridgehead atoms. The summed E-state index contributed by atoms with van der Waals surface area (Å²) in [6, 6.07) is 0. The van der Waals surface area contributed by atoms with Crippen molar-refractivity contribution < 1.29 is 9.90 Å². The van der Waals surface area contributed by atoms with Gasteiger partial charge in [0.2, 0.25) is 0 Å². The van der Waals surface area contributed by atoms with Crippen molar-refractivity contribution in [2.24, 2.45) is 5.73 Å². The highest BCUT2D eigenvalue weighted by atomic mass is 16.4. The second kappa shape index (κ2) is 3.53. The molecule has 0 aliphatic heterocycles. The van der Waals surface area contributed by atoms with Gasteiger partial charge in [0, 0.05) is 23.5 Å². The first kappa shape index (κ1) is 10.5. The fourth-order valence-corrected chi connectivity index (χ4v) is 1.59. The third-order valence-electron chi connectivity index (χ3n) is 2.44. The molecule has 0 atom stereocenters. The second-order valence-corrected chi connectivity index (χ2v) is 3.42. The van der Waals surface area contributed by atoms with Crippen LogP contribution in [0.2, 0.25) is 0 Å². The zero-order chi connectivity index (χ0) is 11.9. The number of hydrogen-bond donors (Lipinski definition) is 2. The van der Waals surface area contributed by atoms with E-state index in [1.807, 2.05) is 13.8 Å². The monoisotopic (exact) mass is 221 g/mol. The van der Waals surface area contributed by atoms with Gasteiger partial charge in [-0.05, 0) is 13.8 Å². The Labute approximate surface area is 90.9 Å². The van der Waals surface area contributed by atoms with Crippen molar-refractivity contribution in [1.29, 1.82) is 0 Å². The summed E-state index contributed by atoms with van der Waals surface area (Å²) in [5, 5.41) is 12.6. The SMILES string of the molecule is Cc1nc2nc(C(=O)O)nn2c(C)c1CN. The number of carboxylic acid groups (broad SMARTS) is 1. The summed E-state index contributed by atoms with van der Waals surface area (Å²) in [5.74, 6) is -1.15. The van der Waals surface area contributed by atoms with Gasteiger partial charge in [0.1, 0.15) is 0 Å². The molecule has 0 aliphatic rings. The Morgan fingerprint density at radius 1 is 1.44 bits per heavy atom. The molecule has 0 fully saturated rings. The Bertz CT molecular complexity index is 575. The third-order valence-corrected chi connectivity index (χ3v) is 2.44. The topological polar surface area (TPSA) is 106 Å². The zero-order valence-electron chi connectivity index (χ0n) is 8.93. The van der Waals surface area contributed by atoms with E-state index >= 15 is 0 Å². The minimum atomic E-state index is -1.17. The van der Waals surface area contributed by atoms with Crippen LogP contribution < -0.4 is 5.73 Å². The largest absolute Gasteiger partial charge is 0.475 e. The Kier molecular flexibility index (Phi) is 2.31. The maximum absolute atomic E-state index is 10.7. The van der Waals surface area contributed by atoms with Crippen molar-refractivity contribution in [1.82, 2.24) is 19.6 Å². The number of nitrogens with zero attached hydrogens (tertiary/aromatic N) is 4. The standard InChI is InChI=1S/C9H11N5O2/c1-4-6(3-10)5(2)14-9(11-4)12-7(13-14)8(15)16/h3,10H2,1-2H3,(H,15,16). The Balaban J connectivity index is 2.78. The van der Waals surface area contributed by atoms with Crippen LogP contribution in [0, 0.1) is 13.8 Å². The molecule has 0 unspecified atom stereocenters. The maximum Gasteiger partial charge on any atom is 0.375 e. The third kappa shape index (κ3) is 1.41. The summed E-state index contributed by atoms with van der Waals surface area (Å²) in [4.78, 5) is 18.7. The number of aromatic carboxylic acids is 1. The molecule has 16 heavy (non-hydrogen) atoms. The summed E-state index contributed by atoms with van der Waals surface area (Å²) in [6.07, 6.45) is 0. The summed E-state index contributed by atoms with van der Waals surface area (Å²) < 4.78 is 1.40. The lowest BCUT2D eigenvalue weighted by Crippen LogP contribution is -2.09. The van der Waals surface area contributed by atoms with Gasteiger partial charge in [-0.1, -0.05) is 0 Å². The molecule has 7 nitrogen and oxygen atoms in total. The first-order valence-electron chi connectivity index (χ1n) is 4.70. The lowest BCUT2D eigenvalue weighted by atomic mass is 10.2. The Hall–Kier alpha value is -2.02. The van der Waals surface area contributed by atoms with Gasteiger partial charge in [0.25, 0.3) is 11.6 Å². The molecule has 2 rings (SSSR count). The van der Waals surface area contributed by atoms with Gasteiger partial charge in [-0.2, -0.15) is 4.98 Å². The van der Waals surface area contributed by atoms with Crippen LogP contribution in [0.4, 0.5) is 0 Å². The van der Waals surface area contributed by atoms with Gasteiger partial charge in [-0.15, -0.1) is 5.10 Å². The average molecular weight is 221 g/mol. The number of carbonyl (C=O) groups is 1. The quantitative estimate of drug-likeness (QED) is 0.733. The minimum absolute atomic E-state index is 0.260. The van der Waals surface area contributed by atoms with Gasteiger partial charge in [0.05, 0.1) is 0 Å². The molecule has 0 saturated carbocycles. The van der Waals surface area contributed by atoms with Crippen LogP contribution in [0.15, 0.2) is 0 Å². The molecular weight excluding hydrogens is 210 g/mol. The van der Waals surface area contributed by atoms with Crippen molar-refractivity contribution in [3.05, 3.63) is 22.8 Å². The highest BCUT2D eigenvalue weighted by Crippen LogP contribution is 2.12. The van der Waals surface area contributed by atoms with Gasteiger partial charge < -0.3 is 10.8 Å². The van der Waals surface area contributed by atoms with Crippen LogP contribution in [0.1, 0.15) is 27.6 Å². The molecule has 0 aromatic carbocycles. The number of nitrogens with two attached hydrogens (primary N) is 1. The van der Waals surface area contributed by atoms with Crippen molar-refractivity contribution in [2.75, 3.05) is 0 Å². The lowest BCUT2D eigenvalue weighted by Gasteiger charge is -2.06. The maximum atomic E-state index is 10.7. The van der Waals surface area contributed by atoms with Gasteiger partial charge >= 0.3 is 5.97 Å². The van der Waals surface area contributed by atoms with Gasteiger partial charge in [-0.3, -0.25) is 0 Å². The predicted molar refractivity (Wildman–Crippen MR) is 55.1 cm³/mol. The van der Waals surface area contributed by atoms with Crippen LogP contribution in [-0.2, 0) is 6.54 Å². The molecule has 2 heterocycles.